The smallest absolute Gasteiger partial charge is 0.303 e. The van der Waals surface area contributed by atoms with Gasteiger partial charge in [0.1, 0.15) is 5.75 Å². The van der Waals surface area contributed by atoms with E-state index in [1.54, 1.807) is 19.2 Å². The van der Waals surface area contributed by atoms with Gasteiger partial charge in [-0.3, -0.25) is 9.59 Å². The van der Waals surface area contributed by atoms with Crippen molar-refractivity contribution in [2.75, 3.05) is 60.6 Å². The van der Waals surface area contributed by atoms with Gasteiger partial charge >= 0.3 is 10.2 Å². The topological polar surface area (TPSA) is 122 Å². The number of hydrogen-bond acceptors (Lipinski definition) is 7. The summed E-state index contributed by atoms with van der Waals surface area (Å²) in [4.78, 5) is 30.0. The van der Waals surface area contributed by atoms with E-state index in [1.807, 2.05) is 29.2 Å². The maximum Gasteiger partial charge on any atom is 0.303 e. The maximum absolute atomic E-state index is 14.6. The molecule has 0 bridgehead atoms. The molecule has 8 rings (SSSR count). The molecule has 12 heteroatoms. The van der Waals surface area contributed by atoms with Crippen LogP contribution in [0, 0.1) is 10.8 Å². The molecule has 0 radical (unpaired) electrons. The van der Waals surface area contributed by atoms with Crippen molar-refractivity contribution in [2.24, 2.45) is 10.8 Å². The Morgan fingerprint density at radius 1 is 1.02 bits per heavy atom. The number of carbonyl (C=O) groups is 2. The first kappa shape index (κ1) is 31.6. The third kappa shape index (κ3) is 4.82. The minimum Gasteiger partial charge on any atom is -0.497 e. The van der Waals surface area contributed by atoms with Crippen LogP contribution in [0.4, 0.5) is 0 Å². The molecular formula is C36H43N5O6S. The number of ether oxygens (including phenoxy) is 2. The van der Waals surface area contributed by atoms with Crippen molar-refractivity contribution < 1.29 is 27.5 Å². The van der Waals surface area contributed by atoms with Crippen LogP contribution >= 0.6 is 0 Å². The van der Waals surface area contributed by atoms with Gasteiger partial charge in [0.2, 0.25) is 0 Å². The Bertz CT molecular complexity index is 1950. The Morgan fingerprint density at radius 3 is 2.44 bits per heavy atom. The van der Waals surface area contributed by atoms with Crippen molar-refractivity contribution >= 4 is 39.0 Å². The molecule has 254 valence electrons. The van der Waals surface area contributed by atoms with Gasteiger partial charge in [-0.1, -0.05) is 25.3 Å². The van der Waals surface area contributed by atoms with Gasteiger partial charge in [-0.25, -0.2) is 4.72 Å². The van der Waals surface area contributed by atoms with E-state index in [0.29, 0.717) is 50.1 Å². The highest BCUT2D eigenvalue weighted by Crippen LogP contribution is 2.54. The van der Waals surface area contributed by atoms with Gasteiger partial charge in [0.05, 0.1) is 32.6 Å². The zero-order valence-corrected chi connectivity index (χ0v) is 28.6. The molecule has 5 heterocycles. The predicted molar refractivity (Wildman–Crippen MR) is 183 cm³/mol. The van der Waals surface area contributed by atoms with Gasteiger partial charge in [0, 0.05) is 78.7 Å². The first-order valence-electron chi connectivity index (χ1n) is 16.9. The quantitative estimate of drug-likeness (QED) is 0.409. The van der Waals surface area contributed by atoms with E-state index in [2.05, 4.69) is 20.7 Å². The Morgan fingerprint density at radius 2 is 1.75 bits per heavy atom. The van der Waals surface area contributed by atoms with Crippen LogP contribution in [0.15, 0.2) is 42.0 Å². The third-order valence-corrected chi connectivity index (χ3v) is 13.0. The molecule has 2 amide bonds. The molecular weight excluding hydrogens is 630 g/mol. The number of carbonyl (C=O) groups excluding carboxylic acids is 2. The van der Waals surface area contributed by atoms with Crippen LogP contribution in [-0.4, -0.2) is 94.6 Å². The van der Waals surface area contributed by atoms with Gasteiger partial charge in [-0.15, -0.1) is 0 Å². The lowest BCUT2D eigenvalue weighted by Crippen LogP contribution is -2.39. The zero-order chi connectivity index (χ0) is 33.4. The van der Waals surface area contributed by atoms with E-state index in [-0.39, 0.29) is 22.3 Å². The summed E-state index contributed by atoms with van der Waals surface area (Å²) in [5.74, 6) is 0.351. The molecule has 3 aromatic rings. The van der Waals surface area contributed by atoms with E-state index in [1.165, 1.54) is 26.1 Å². The van der Waals surface area contributed by atoms with Crippen molar-refractivity contribution in [3.05, 3.63) is 58.7 Å². The lowest BCUT2D eigenvalue weighted by atomic mass is 9.71. The number of fused-ring (bicyclic) bond motifs is 5. The summed E-state index contributed by atoms with van der Waals surface area (Å²) in [5, 5.41) is 4.59. The zero-order valence-electron chi connectivity index (χ0n) is 27.8. The monoisotopic (exact) mass is 673 g/mol. The predicted octanol–water partition coefficient (Wildman–Crippen LogP) is 3.75. The normalized spacial score (nSPS) is 25.3. The summed E-state index contributed by atoms with van der Waals surface area (Å²) in [6, 6.07) is 11.5. The number of aromatic nitrogens is 1. The molecule has 1 aliphatic carbocycles. The van der Waals surface area contributed by atoms with Gasteiger partial charge in [0.25, 0.3) is 11.8 Å². The molecule has 2 atom stereocenters. The highest BCUT2D eigenvalue weighted by molar-refractivity contribution is 7.87. The van der Waals surface area contributed by atoms with Crippen LogP contribution in [0.3, 0.4) is 0 Å². The second kappa shape index (κ2) is 11.4. The number of nitrogens with one attached hydrogen (secondary N) is 2. The fourth-order valence-electron chi connectivity index (χ4n) is 9.02. The van der Waals surface area contributed by atoms with Crippen molar-refractivity contribution in [1.82, 2.24) is 23.8 Å². The molecule has 2 unspecified atom stereocenters. The van der Waals surface area contributed by atoms with E-state index in [4.69, 9.17) is 9.47 Å². The number of benzene rings is 2. The number of hydrogen-bond donors (Lipinski definition) is 2. The van der Waals surface area contributed by atoms with Crippen LogP contribution in [0.25, 0.3) is 28.2 Å². The van der Waals surface area contributed by atoms with E-state index < -0.39 is 16.1 Å². The molecule has 48 heavy (non-hydrogen) atoms. The van der Waals surface area contributed by atoms with E-state index in [0.717, 1.165) is 70.8 Å². The second-order valence-electron chi connectivity index (χ2n) is 14.6. The van der Waals surface area contributed by atoms with Crippen molar-refractivity contribution in [1.29, 1.82) is 0 Å². The third-order valence-electron chi connectivity index (χ3n) is 11.6. The number of methoxy groups -OCH3 is 1. The van der Waals surface area contributed by atoms with Gasteiger partial charge in [-0.2, -0.15) is 12.7 Å². The minimum absolute atomic E-state index is 0.0127. The standard InChI is InChI=1S/C36H43N5O6S/c1-39(2)48(44,45)38-33(42)24-9-11-29-30(15-24)41-16-26(34(43)40-19-35-17-37-18-36(35,20-40)22-47-21-35)13-25-14-27(46-3)10-12-28(25)32(41)31(29)23-7-5-4-6-8-23/h9-15,23,37H,4-8,16-22H2,1-3H3,(H,38,42). The number of rotatable bonds is 6. The van der Waals surface area contributed by atoms with Crippen molar-refractivity contribution in [3.8, 4) is 17.0 Å². The number of amides is 2. The molecule has 1 saturated carbocycles. The Labute approximate surface area is 281 Å². The fraction of sp³-hybridized carbons (Fsp3) is 0.500. The molecule has 2 aromatic carbocycles. The first-order valence-corrected chi connectivity index (χ1v) is 18.4. The van der Waals surface area contributed by atoms with E-state index in [9.17, 15) is 18.0 Å². The van der Waals surface area contributed by atoms with Crippen molar-refractivity contribution in [3.63, 3.8) is 0 Å². The molecule has 0 spiro atoms. The average molecular weight is 674 g/mol. The average Bonchev–Trinajstić information content (AvgIpc) is 3.74. The van der Waals surface area contributed by atoms with Crippen LogP contribution in [-0.2, 0) is 26.3 Å². The van der Waals surface area contributed by atoms with Gasteiger partial charge < -0.3 is 24.3 Å². The van der Waals surface area contributed by atoms with Gasteiger partial charge in [0.15, 0.2) is 0 Å². The van der Waals surface area contributed by atoms with Crippen LogP contribution < -0.4 is 14.8 Å². The molecule has 4 aliphatic heterocycles. The highest BCUT2D eigenvalue weighted by atomic mass is 32.2. The van der Waals surface area contributed by atoms with Crippen LogP contribution in [0.5, 0.6) is 5.75 Å². The summed E-state index contributed by atoms with van der Waals surface area (Å²) < 4.78 is 42.1. The Kier molecular flexibility index (Phi) is 7.52. The van der Waals surface area contributed by atoms with E-state index >= 15 is 0 Å². The summed E-state index contributed by atoms with van der Waals surface area (Å²) in [6.07, 6.45) is 7.66. The summed E-state index contributed by atoms with van der Waals surface area (Å²) in [5.41, 5.74) is 5.81. The fourth-order valence-corrected chi connectivity index (χ4v) is 9.55. The lowest BCUT2D eigenvalue weighted by Gasteiger charge is -2.27. The SMILES string of the molecule is COc1ccc2c(c1)C=C(C(=O)N1CC34CNCC3(COC4)C1)Cn1c-2c(C2CCCCC2)c2ccc(C(=O)NS(=O)(=O)N(C)C)cc21. The summed E-state index contributed by atoms with van der Waals surface area (Å²) >= 11 is 0. The highest BCUT2D eigenvalue weighted by Gasteiger charge is 2.64. The molecule has 2 N–H and O–H groups in total. The first-order chi connectivity index (χ1) is 23.0. The minimum atomic E-state index is -3.98. The molecule has 5 aliphatic rings. The Hall–Kier alpha value is -3.71. The lowest BCUT2D eigenvalue weighted by molar-refractivity contribution is -0.127. The molecule has 4 fully saturated rings. The van der Waals surface area contributed by atoms with Crippen LogP contribution in [0.1, 0.15) is 59.5 Å². The summed E-state index contributed by atoms with van der Waals surface area (Å²) in [6.45, 7) is 4.64. The number of likely N-dealkylation sites (tertiary alicyclic amines) is 1. The van der Waals surface area contributed by atoms with Gasteiger partial charge in [-0.05, 0) is 66.3 Å². The van der Waals surface area contributed by atoms with Crippen molar-refractivity contribution in [2.45, 2.75) is 44.6 Å². The number of nitrogens with zero attached hydrogens (tertiary/aromatic N) is 3. The molecule has 3 saturated heterocycles. The summed E-state index contributed by atoms with van der Waals surface area (Å²) in [7, 11) is 0.425. The molecule has 11 nitrogen and oxygen atoms in total. The molecule has 1 aromatic heterocycles. The van der Waals surface area contributed by atoms with Crippen LogP contribution in [0.2, 0.25) is 0 Å². The Balaban J connectivity index is 1.28. The maximum atomic E-state index is 14.6. The largest absolute Gasteiger partial charge is 0.497 e. The second-order valence-corrected chi connectivity index (χ2v) is 16.5.